The van der Waals surface area contributed by atoms with Crippen molar-refractivity contribution in [1.82, 2.24) is 9.55 Å². The molecule has 6 nitrogen and oxygen atoms in total. The largest absolute Gasteiger partial charge is 0.508 e. The van der Waals surface area contributed by atoms with Crippen molar-refractivity contribution in [3.05, 3.63) is 60.0 Å². The molecule has 6 heteroatoms. The normalized spacial score (nSPS) is 13.1. The molecule has 27 heavy (non-hydrogen) atoms. The van der Waals surface area contributed by atoms with Crippen LogP contribution in [0, 0.1) is 0 Å². The SMILES string of the molecule is COc1cc(O)ccc1C(=O)Nc1ccc(-c2cn3c(n2)CCCC3)cc1. The highest BCUT2D eigenvalue weighted by atomic mass is 16.5. The number of hydrogen-bond donors (Lipinski definition) is 2. The Morgan fingerprint density at radius 3 is 2.74 bits per heavy atom. The van der Waals surface area contributed by atoms with E-state index in [1.165, 1.54) is 38.2 Å². The smallest absolute Gasteiger partial charge is 0.259 e. The molecule has 4 rings (SSSR count). The second-order valence-electron chi connectivity index (χ2n) is 6.61. The van der Waals surface area contributed by atoms with Crippen molar-refractivity contribution >= 4 is 11.6 Å². The summed E-state index contributed by atoms with van der Waals surface area (Å²) >= 11 is 0. The van der Waals surface area contributed by atoms with E-state index in [0.717, 1.165) is 30.0 Å². The van der Waals surface area contributed by atoms with Gasteiger partial charge < -0.3 is 19.7 Å². The monoisotopic (exact) mass is 363 g/mol. The molecule has 1 aromatic heterocycles. The summed E-state index contributed by atoms with van der Waals surface area (Å²) in [5.74, 6) is 1.23. The number of aryl methyl sites for hydroxylation is 2. The van der Waals surface area contributed by atoms with E-state index in [-0.39, 0.29) is 11.7 Å². The third kappa shape index (κ3) is 3.51. The average molecular weight is 363 g/mol. The molecule has 0 saturated carbocycles. The number of methoxy groups -OCH3 is 1. The number of anilines is 1. The number of aromatic nitrogens is 2. The molecule has 0 atom stereocenters. The highest BCUT2D eigenvalue weighted by Gasteiger charge is 2.15. The molecular weight excluding hydrogens is 342 g/mol. The van der Waals surface area contributed by atoms with Gasteiger partial charge in [-0.1, -0.05) is 12.1 Å². The second-order valence-corrected chi connectivity index (χ2v) is 6.61. The van der Waals surface area contributed by atoms with Crippen LogP contribution in [-0.4, -0.2) is 27.7 Å². The molecule has 0 saturated heterocycles. The molecular formula is C21H21N3O3. The van der Waals surface area contributed by atoms with Gasteiger partial charge in [-0.2, -0.15) is 0 Å². The molecule has 1 aliphatic rings. The van der Waals surface area contributed by atoms with Crippen molar-refractivity contribution in [1.29, 1.82) is 0 Å². The number of rotatable bonds is 4. The molecule has 2 N–H and O–H groups in total. The first-order valence-corrected chi connectivity index (χ1v) is 8.99. The Balaban J connectivity index is 1.51. The van der Waals surface area contributed by atoms with Crippen LogP contribution in [0.2, 0.25) is 0 Å². The lowest BCUT2D eigenvalue weighted by Crippen LogP contribution is -2.13. The molecule has 0 unspecified atom stereocenters. The van der Waals surface area contributed by atoms with E-state index in [0.29, 0.717) is 17.0 Å². The van der Waals surface area contributed by atoms with Crippen LogP contribution in [0.25, 0.3) is 11.3 Å². The van der Waals surface area contributed by atoms with E-state index in [4.69, 9.17) is 9.72 Å². The number of imidazole rings is 1. The van der Waals surface area contributed by atoms with Crippen molar-refractivity contribution in [3.63, 3.8) is 0 Å². The number of phenols is 1. The lowest BCUT2D eigenvalue weighted by Gasteiger charge is -2.11. The van der Waals surface area contributed by atoms with E-state index in [1.54, 1.807) is 0 Å². The highest BCUT2D eigenvalue weighted by molar-refractivity contribution is 6.06. The fourth-order valence-corrected chi connectivity index (χ4v) is 3.34. The van der Waals surface area contributed by atoms with Crippen LogP contribution >= 0.6 is 0 Å². The van der Waals surface area contributed by atoms with Gasteiger partial charge in [0.15, 0.2) is 0 Å². The van der Waals surface area contributed by atoms with Gasteiger partial charge in [0.2, 0.25) is 0 Å². The molecule has 138 valence electrons. The number of fused-ring (bicyclic) bond motifs is 1. The van der Waals surface area contributed by atoms with Crippen LogP contribution in [0.3, 0.4) is 0 Å². The summed E-state index contributed by atoms with van der Waals surface area (Å²) in [5, 5.41) is 12.4. The average Bonchev–Trinajstić information content (AvgIpc) is 3.12. The zero-order valence-corrected chi connectivity index (χ0v) is 15.1. The number of benzene rings is 2. The number of amides is 1. The van der Waals surface area contributed by atoms with Crippen LogP contribution < -0.4 is 10.1 Å². The first-order valence-electron chi connectivity index (χ1n) is 8.99. The Labute approximate surface area is 157 Å². The van der Waals surface area contributed by atoms with Gasteiger partial charge in [-0.25, -0.2) is 4.98 Å². The summed E-state index contributed by atoms with van der Waals surface area (Å²) < 4.78 is 7.40. The van der Waals surface area contributed by atoms with Gasteiger partial charge in [0.05, 0.1) is 18.4 Å². The summed E-state index contributed by atoms with van der Waals surface area (Å²) in [5.41, 5.74) is 3.03. The van der Waals surface area contributed by atoms with Crippen LogP contribution in [-0.2, 0) is 13.0 Å². The number of carbonyl (C=O) groups is 1. The van der Waals surface area contributed by atoms with Crippen molar-refractivity contribution in [2.24, 2.45) is 0 Å². The quantitative estimate of drug-likeness (QED) is 0.738. The van der Waals surface area contributed by atoms with Crippen LogP contribution in [0.15, 0.2) is 48.7 Å². The molecule has 0 fully saturated rings. The number of nitrogens with one attached hydrogen (secondary N) is 1. The lowest BCUT2D eigenvalue weighted by molar-refractivity contribution is 0.102. The Hall–Kier alpha value is -3.28. The number of hydrogen-bond acceptors (Lipinski definition) is 4. The van der Waals surface area contributed by atoms with Crippen molar-refractivity contribution in [2.45, 2.75) is 25.8 Å². The predicted octanol–water partition coefficient (Wildman–Crippen LogP) is 3.85. The van der Waals surface area contributed by atoms with Gasteiger partial charge in [-0.05, 0) is 37.1 Å². The van der Waals surface area contributed by atoms with Gasteiger partial charge in [-0.3, -0.25) is 4.79 Å². The van der Waals surface area contributed by atoms with Crippen molar-refractivity contribution in [2.75, 3.05) is 12.4 Å². The molecule has 0 spiro atoms. The minimum Gasteiger partial charge on any atom is -0.508 e. The van der Waals surface area contributed by atoms with Crippen LogP contribution in [0.1, 0.15) is 29.0 Å². The molecule has 2 heterocycles. The zero-order chi connectivity index (χ0) is 18.8. The van der Waals surface area contributed by atoms with Gasteiger partial charge in [0, 0.05) is 36.5 Å². The topological polar surface area (TPSA) is 76.4 Å². The van der Waals surface area contributed by atoms with Gasteiger partial charge in [0.25, 0.3) is 5.91 Å². The van der Waals surface area contributed by atoms with Gasteiger partial charge in [-0.15, -0.1) is 0 Å². The third-order valence-electron chi connectivity index (χ3n) is 4.78. The Kier molecular flexibility index (Phi) is 4.54. The van der Waals surface area contributed by atoms with Gasteiger partial charge in [0.1, 0.15) is 17.3 Å². The van der Waals surface area contributed by atoms with E-state index < -0.39 is 0 Å². The van der Waals surface area contributed by atoms with E-state index >= 15 is 0 Å². The second kappa shape index (κ2) is 7.15. The van der Waals surface area contributed by atoms with E-state index in [1.807, 2.05) is 24.3 Å². The minimum absolute atomic E-state index is 0.0514. The summed E-state index contributed by atoms with van der Waals surface area (Å²) in [6.07, 6.45) is 5.53. The molecule has 3 aromatic rings. The number of phenolic OH excluding ortho intramolecular Hbond substituents is 1. The van der Waals surface area contributed by atoms with E-state index in [9.17, 15) is 9.90 Å². The number of aromatic hydroxyl groups is 1. The molecule has 0 radical (unpaired) electrons. The maximum atomic E-state index is 12.5. The maximum Gasteiger partial charge on any atom is 0.259 e. The fraction of sp³-hybridized carbons (Fsp3) is 0.238. The number of carbonyl (C=O) groups excluding carboxylic acids is 1. The molecule has 1 aliphatic heterocycles. The molecule has 2 aromatic carbocycles. The number of ether oxygens (including phenoxy) is 1. The summed E-state index contributed by atoms with van der Waals surface area (Å²) in [6, 6.07) is 12.0. The van der Waals surface area contributed by atoms with Crippen molar-refractivity contribution in [3.8, 4) is 22.8 Å². The standard InChI is InChI=1S/C21H21N3O3/c1-27-19-12-16(25)9-10-17(19)21(26)22-15-7-5-14(6-8-15)18-13-24-11-3-2-4-20(24)23-18/h5-10,12-13,25H,2-4,11H2,1H3,(H,22,26). The maximum absolute atomic E-state index is 12.5. The van der Waals surface area contributed by atoms with Crippen LogP contribution in [0.4, 0.5) is 5.69 Å². The zero-order valence-electron chi connectivity index (χ0n) is 15.1. The highest BCUT2D eigenvalue weighted by Crippen LogP contribution is 2.26. The molecule has 0 aliphatic carbocycles. The summed E-state index contributed by atoms with van der Waals surface area (Å²) in [7, 11) is 1.46. The first-order chi connectivity index (χ1) is 13.1. The Bertz CT molecular complexity index is 953. The minimum atomic E-state index is -0.294. The van der Waals surface area contributed by atoms with Gasteiger partial charge >= 0.3 is 0 Å². The Morgan fingerprint density at radius 2 is 2.00 bits per heavy atom. The molecule has 1 amide bonds. The number of nitrogens with zero attached hydrogens (tertiary/aromatic N) is 2. The lowest BCUT2D eigenvalue weighted by atomic mass is 10.1. The van der Waals surface area contributed by atoms with Crippen LogP contribution in [0.5, 0.6) is 11.5 Å². The molecule has 0 bridgehead atoms. The Morgan fingerprint density at radius 1 is 1.19 bits per heavy atom. The summed E-state index contributed by atoms with van der Waals surface area (Å²) in [4.78, 5) is 17.2. The first kappa shape index (κ1) is 17.1. The van der Waals surface area contributed by atoms with E-state index in [2.05, 4.69) is 16.1 Å². The third-order valence-corrected chi connectivity index (χ3v) is 4.78. The predicted molar refractivity (Wildman–Crippen MR) is 103 cm³/mol. The fourth-order valence-electron chi connectivity index (χ4n) is 3.34. The summed E-state index contributed by atoms with van der Waals surface area (Å²) in [6.45, 7) is 1.03. The van der Waals surface area contributed by atoms with Crippen molar-refractivity contribution < 1.29 is 14.6 Å².